The van der Waals surface area contributed by atoms with Crippen LogP contribution in [-0.2, 0) is 52.7 Å². The Morgan fingerprint density at radius 1 is 0.554 bits per heavy atom. The first kappa shape index (κ1) is 84.2. The fraction of sp³-hybridized carbons (Fsp3) is 0.806. The van der Waals surface area contributed by atoms with Crippen LogP contribution in [0.3, 0.4) is 0 Å². The van der Waals surface area contributed by atoms with E-state index < -0.39 is 155 Å². The Kier molecular flexibility index (Phi) is 35.3. The minimum Gasteiger partial charge on any atom is -0.390 e. The van der Waals surface area contributed by atoms with Gasteiger partial charge in [0.1, 0.15) is 54.4 Å². The van der Waals surface area contributed by atoms with E-state index in [0.717, 1.165) is 9.80 Å². The number of thioether (sulfide) groups is 1. The van der Waals surface area contributed by atoms with Crippen LogP contribution in [0.5, 0.6) is 0 Å². The lowest BCUT2D eigenvalue weighted by Gasteiger charge is -2.48. The van der Waals surface area contributed by atoms with E-state index in [0.29, 0.717) is 13.0 Å². The molecular formula is C67H122N12O12S. The Bertz CT molecular complexity index is 2510. The molecule has 1 aliphatic rings. The number of likely N-dealkylation sites (N-methyl/N-ethyl adjacent to an activating group) is 7. The number of nitrogens with one attached hydrogen (secondary N) is 5. The SMILES string of the molecule is C/C=C/C[C@@H](C)[C@@H](O)[C@H]1C(=O)N[C@@H](CC)C(=O)N(C)CC(=O)N(C)[C@@H](CC(C)C)C(=O)N[C@@H](C(C)C)C(=O)N(C)[C@@H](CC(C)C)C(=O)N[C@@H](C)C(=O)N[C@H](C)C(=O)N(C)[C@@H](CC(C)C)C(=O)N(C)[C@@H](CC(C)C)C(=O)N(C)[C@](SCCNC(C)C)(C(C)C)C(=O)N1C. The van der Waals surface area contributed by atoms with Crippen LogP contribution >= 0.6 is 11.8 Å². The first-order valence-electron chi connectivity index (χ1n) is 33.2. The van der Waals surface area contributed by atoms with Gasteiger partial charge in [-0.25, -0.2) is 0 Å². The summed E-state index contributed by atoms with van der Waals surface area (Å²) >= 11 is 1.17. The molecule has 6 N–H and O–H groups in total. The number of amides is 11. The van der Waals surface area contributed by atoms with Gasteiger partial charge in [-0.15, -0.1) is 11.8 Å². The summed E-state index contributed by atoms with van der Waals surface area (Å²) in [5.41, 5.74) is 0. The number of allylic oxidation sites excluding steroid dienone is 2. The third kappa shape index (κ3) is 23.3. The van der Waals surface area contributed by atoms with E-state index in [-0.39, 0.29) is 67.6 Å². The van der Waals surface area contributed by atoms with Gasteiger partial charge in [-0.2, -0.15) is 0 Å². The van der Waals surface area contributed by atoms with Gasteiger partial charge >= 0.3 is 0 Å². The van der Waals surface area contributed by atoms with Gasteiger partial charge in [-0.3, -0.25) is 52.7 Å². The van der Waals surface area contributed by atoms with Crippen LogP contribution in [0.4, 0.5) is 0 Å². The molecule has 0 aromatic heterocycles. The molecule has 0 aromatic rings. The smallest absolute Gasteiger partial charge is 0.259 e. The highest BCUT2D eigenvalue weighted by atomic mass is 32.2. The molecule has 0 radical (unpaired) electrons. The number of carbonyl (C=O) groups is 11. The molecule has 11 amide bonds. The van der Waals surface area contributed by atoms with Gasteiger partial charge in [0.2, 0.25) is 59.1 Å². The van der Waals surface area contributed by atoms with E-state index in [1.165, 1.54) is 99.4 Å². The van der Waals surface area contributed by atoms with E-state index in [2.05, 4.69) is 26.6 Å². The maximum absolute atomic E-state index is 16.1. The molecule has 24 nitrogen and oxygen atoms in total. The third-order valence-electron chi connectivity index (χ3n) is 17.3. The highest BCUT2D eigenvalue weighted by molar-refractivity contribution is 8.01. The monoisotopic (exact) mass is 1320 g/mol. The molecule has 92 heavy (non-hydrogen) atoms. The minimum atomic E-state index is -1.83. The van der Waals surface area contributed by atoms with Crippen LogP contribution in [0, 0.1) is 41.4 Å². The van der Waals surface area contributed by atoms with Crippen LogP contribution < -0.4 is 26.6 Å². The number of carbonyl (C=O) groups excluding carboxylic acids is 11. The van der Waals surface area contributed by atoms with Crippen molar-refractivity contribution >= 4 is 76.7 Å². The maximum Gasteiger partial charge on any atom is 0.259 e. The van der Waals surface area contributed by atoms with Crippen molar-refractivity contribution in [3.05, 3.63) is 12.2 Å². The quantitative estimate of drug-likeness (QED) is 0.0731. The van der Waals surface area contributed by atoms with Crippen LogP contribution in [0.2, 0.25) is 0 Å². The first-order valence-corrected chi connectivity index (χ1v) is 34.2. The topological polar surface area (TPSA) is 291 Å². The molecule has 0 bridgehead atoms. The molecule has 1 fully saturated rings. The van der Waals surface area contributed by atoms with E-state index in [1.807, 2.05) is 82.2 Å². The number of aliphatic hydroxyl groups excluding tert-OH is 1. The highest BCUT2D eigenvalue weighted by Crippen LogP contribution is 2.40. The van der Waals surface area contributed by atoms with Gasteiger partial charge in [-0.1, -0.05) is 123 Å². The molecule has 1 saturated heterocycles. The number of nitrogens with zero attached hydrogens (tertiary/aromatic N) is 7. The van der Waals surface area contributed by atoms with Crippen LogP contribution in [0.25, 0.3) is 0 Å². The molecule has 25 heteroatoms. The van der Waals surface area contributed by atoms with Crippen molar-refractivity contribution in [2.24, 2.45) is 41.4 Å². The standard InChI is InChI=1S/C67H122N12O12S/c1-27-29-30-45(17)56(81)55-60(85)71-48(28-2)62(87)73(20)37-53(80)74(21)49(33-38(3)4)59(84)72-54(42(11)12)65(90)75(22)50(34-39(5)6)58(83)69-46(18)57(82)70-47(19)61(86)76(23)51(35-40(7)8)63(88)77(24)52(36-41(9)10)64(89)79(26)67(43(13)14,66(91)78(55)25)92-32-31-68-44(15)16/h27,29,38-52,54-56,68,81H,28,30-37H2,1-26H3,(H,69,83)(H,70,82)(H,71,85)(H,72,84)/b29-27+/t45-,46+,47-,48+,49+,50+,51+,52+,54+,55+,56-,67+/m1/s1. The Labute approximate surface area is 556 Å². The summed E-state index contributed by atoms with van der Waals surface area (Å²) in [6, 6.07) is -11.2. The van der Waals surface area contributed by atoms with Crippen molar-refractivity contribution in [3.8, 4) is 0 Å². The molecule has 1 aliphatic heterocycles. The van der Waals surface area contributed by atoms with Crippen LogP contribution in [0.15, 0.2) is 12.2 Å². The van der Waals surface area contributed by atoms with Crippen molar-refractivity contribution < 1.29 is 57.8 Å². The number of rotatable bonds is 20. The second-order valence-electron chi connectivity index (χ2n) is 28.1. The summed E-state index contributed by atoms with van der Waals surface area (Å²) in [5, 5.41) is 26.9. The van der Waals surface area contributed by atoms with E-state index in [4.69, 9.17) is 0 Å². The first-order chi connectivity index (χ1) is 42.5. The van der Waals surface area contributed by atoms with Crippen LogP contribution in [-0.4, -0.2) is 244 Å². The van der Waals surface area contributed by atoms with E-state index in [1.54, 1.807) is 47.6 Å². The Hall–Kier alpha value is -5.82. The zero-order valence-corrected chi connectivity index (χ0v) is 61.7. The van der Waals surface area contributed by atoms with Gasteiger partial charge in [0.25, 0.3) is 5.91 Å². The van der Waals surface area contributed by atoms with Gasteiger partial charge < -0.3 is 66.0 Å². The third-order valence-corrected chi connectivity index (χ3v) is 19.1. The molecule has 0 aromatic carbocycles. The predicted molar refractivity (Wildman–Crippen MR) is 363 cm³/mol. The summed E-state index contributed by atoms with van der Waals surface area (Å²) in [5.74, 6) is -9.70. The largest absolute Gasteiger partial charge is 0.390 e. The second kappa shape index (κ2) is 38.5. The van der Waals surface area contributed by atoms with Gasteiger partial charge in [0.05, 0.1) is 12.6 Å². The Morgan fingerprint density at radius 3 is 1.48 bits per heavy atom. The fourth-order valence-corrected chi connectivity index (χ4v) is 12.9. The van der Waals surface area contributed by atoms with Crippen molar-refractivity contribution in [1.82, 2.24) is 60.9 Å². The van der Waals surface area contributed by atoms with Gasteiger partial charge in [-0.05, 0) is 101 Å². The van der Waals surface area contributed by atoms with Crippen molar-refractivity contribution in [2.75, 3.05) is 68.2 Å². The zero-order valence-electron chi connectivity index (χ0n) is 60.9. The average molecular weight is 1320 g/mol. The van der Waals surface area contributed by atoms with E-state index in [9.17, 15) is 38.7 Å². The fourth-order valence-electron chi connectivity index (χ4n) is 11.5. The summed E-state index contributed by atoms with van der Waals surface area (Å²) < 4.78 is 0. The molecule has 0 saturated carbocycles. The summed E-state index contributed by atoms with van der Waals surface area (Å²) in [4.78, 5) is 170. The van der Waals surface area contributed by atoms with Gasteiger partial charge in [0, 0.05) is 67.7 Å². The predicted octanol–water partition coefficient (Wildman–Crippen LogP) is 4.33. The molecular weight excluding hydrogens is 1200 g/mol. The number of aliphatic hydroxyl groups is 1. The summed E-state index contributed by atoms with van der Waals surface area (Å²) in [7, 11) is 10.1. The lowest BCUT2D eigenvalue weighted by atomic mass is 9.91. The molecule has 528 valence electrons. The zero-order chi connectivity index (χ0) is 71.3. The molecule has 1 heterocycles. The lowest BCUT2D eigenvalue weighted by molar-refractivity contribution is -0.159. The van der Waals surface area contributed by atoms with Crippen LogP contribution in [0.1, 0.15) is 170 Å². The Balaban J connectivity index is 4.57. The normalized spacial score (nSPS) is 26.7. The van der Waals surface area contributed by atoms with Crippen molar-refractivity contribution in [2.45, 2.75) is 241 Å². The summed E-state index contributed by atoms with van der Waals surface area (Å²) in [6.07, 6.45) is 2.94. The van der Waals surface area contributed by atoms with Crippen molar-refractivity contribution in [1.29, 1.82) is 0 Å². The molecule has 1 rings (SSSR count). The van der Waals surface area contributed by atoms with Crippen molar-refractivity contribution in [3.63, 3.8) is 0 Å². The molecule has 0 spiro atoms. The summed E-state index contributed by atoms with van der Waals surface area (Å²) in [6.45, 7) is 33.9. The second-order valence-corrected chi connectivity index (χ2v) is 29.4. The highest BCUT2D eigenvalue weighted by Gasteiger charge is 2.54. The molecule has 12 atom stereocenters. The van der Waals surface area contributed by atoms with Gasteiger partial charge in [0.15, 0.2) is 4.87 Å². The minimum absolute atomic E-state index is 0.00900. The molecule has 0 unspecified atom stereocenters. The van der Waals surface area contributed by atoms with E-state index >= 15 is 19.2 Å². The lowest BCUT2D eigenvalue weighted by Crippen LogP contribution is -2.68. The number of hydrogen-bond acceptors (Lipinski definition) is 14. The molecule has 0 aliphatic carbocycles. The number of hydrogen-bond donors (Lipinski definition) is 6. The maximum atomic E-state index is 16.1. The average Bonchev–Trinajstić information content (AvgIpc) is 0.759. The Morgan fingerprint density at radius 2 is 1.01 bits per heavy atom.